The van der Waals surface area contributed by atoms with Gasteiger partial charge in [0.25, 0.3) is 0 Å². The third-order valence-electron chi connectivity index (χ3n) is 1.81. The van der Waals surface area contributed by atoms with Crippen LogP contribution in [-0.4, -0.2) is 22.1 Å². The summed E-state index contributed by atoms with van der Waals surface area (Å²) in [6.07, 6.45) is 0. The summed E-state index contributed by atoms with van der Waals surface area (Å²) in [5, 5.41) is 24.8. The number of aromatic amines is 1. The van der Waals surface area contributed by atoms with Crippen molar-refractivity contribution in [2.24, 2.45) is 5.73 Å². The zero-order chi connectivity index (χ0) is 12.9. The second-order valence-corrected chi connectivity index (χ2v) is 3.21. The summed E-state index contributed by atoms with van der Waals surface area (Å²) in [6.45, 7) is 5.91. The zero-order valence-electron chi connectivity index (χ0n) is 9.23. The van der Waals surface area contributed by atoms with Crippen LogP contribution in [-0.2, 0) is 9.59 Å². The van der Waals surface area contributed by atoms with Gasteiger partial charge in [-0.3, -0.25) is 5.10 Å². The number of nitrogens with one attached hydrogen (secondary N) is 1. The molecule has 0 aliphatic heterocycles. The lowest BCUT2D eigenvalue weighted by Gasteiger charge is -2.03. The maximum absolute atomic E-state index is 8.93. The van der Waals surface area contributed by atoms with E-state index in [2.05, 4.69) is 10.2 Å². The van der Waals surface area contributed by atoms with Gasteiger partial charge < -0.3 is 25.5 Å². The van der Waals surface area contributed by atoms with E-state index >= 15 is 0 Å². The van der Waals surface area contributed by atoms with Gasteiger partial charge in [0, 0.05) is 17.3 Å². The van der Waals surface area contributed by atoms with E-state index in [-0.39, 0.29) is 6.04 Å². The van der Waals surface area contributed by atoms with Crippen LogP contribution in [0.5, 0.6) is 0 Å². The number of carbonyl (C=O) groups is 2. The Kier molecular flexibility index (Phi) is 5.17. The van der Waals surface area contributed by atoms with Crippen LogP contribution in [0, 0.1) is 13.8 Å². The predicted molar refractivity (Wildman–Crippen MR) is 50.7 cm³/mol. The van der Waals surface area contributed by atoms with Gasteiger partial charge in [-0.25, -0.2) is 0 Å². The summed E-state index contributed by atoms with van der Waals surface area (Å²) in [5.74, 6) is -4.37. The third kappa shape index (κ3) is 4.09. The molecule has 0 aromatic carbocycles. The molecular formula is C9H13N3O4-2. The van der Waals surface area contributed by atoms with E-state index in [0.29, 0.717) is 0 Å². The molecule has 0 bridgehead atoms. The molecule has 7 heteroatoms. The molecule has 1 rings (SSSR count). The maximum Gasteiger partial charge on any atom is 0.0870 e. The quantitative estimate of drug-likeness (QED) is 0.510. The Labute approximate surface area is 92.3 Å². The summed E-state index contributed by atoms with van der Waals surface area (Å²) in [6, 6.07) is 0.0822. The number of carboxylic acid groups (broad SMARTS) is 2. The molecule has 0 saturated carbocycles. The van der Waals surface area contributed by atoms with Crippen LogP contribution in [0.2, 0.25) is 0 Å². The van der Waals surface area contributed by atoms with Crippen molar-refractivity contribution in [1.29, 1.82) is 0 Å². The minimum absolute atomic E-state index is 0.0822. The highest BCUT2D eigenvalue weighted by atomic mass is 16.4. The molecule has 1 atom stereocenters. The van der Waals surface area contributed by atoms with Crippen molar-refractivity contribution >= 4 is 11.9 Å². The van der Waals surface area contributed by atoms with Crippen molar-refractivity contribution in [3.63, 3.8) is 0 Å². The van der Waals surface area contributed by atoms with Crippen LogP contribution in [0.1, 0.15) is 29.9 Å². The lowest BCUT2D eigenvalue weighted by atomic mass is 10.1. The number of carbonyl (C=O) groups excluding carboxylic acids is 2. The van der Waals surface area contributed by atoms with E-state index < -0.39 is 11.9 Å². The number of hydrogen-bond acceptors (Lipinski definition) is 6. The minimum atomic E-state index is -2.19. The van der Waals surface area contributed by atoms with Crippen molar-refractivity contribution in [1.82, 2.24) is 10.2 Å². The van der Waals surface area contributed by atoms with Gasteiger partial charge >= 0.3 is 0 Å². The van der Waals surface area contributed by atoms with Gasteiger partial charge in [0.05, 0.1) is 17.6 Å². The van der Waals surface area contributed by atoms with Gasteiger partial charge in [0.15, 0.2) is 0 Å². The average molecular weight is 227 g/mol. The van der Waals surface area contributed by atoms with Gasteiger partial charge in [0.1, 0.15) is 0 Å². The largest absolute Gasteiger partial charge is 0.543 e. The Bertz CT molecular complexity index is 353. The van der Waals surface area contributed by atoms with E-state index in [1.54, 1.807) is 0 Å². The molecule has 1 aromatic rings. The van der Waals surface area contributed by atoms with Crippen molar-refractivity contribution in [2.75, 3.05) is 0 Å². The number of aromatic nitrogens is 2. The first-order chi connectivity index (χ1) is 7.27. The van der Waals surface area contributed by atoms with Crippen LogP contribution in [0.15, 0.2) is 0 Å². The summed E-state index contributed by atoms with van der Waals surface area (Å²) in [5.41, 5.74) is 8.92. The molecule has 7 nitrogen and oxygen atoms in total. The van der Waals surface area contributed by atoms with Crippen molar-refractivity contribution in [2.45, 2.75) is 26.8 Å². The van der Waals surface area contributed by atoms with E-state index in [4.69, 9.17) is 25.5 Å². The molecule has 0 saturated heterocycles. The second-order valence-electron chi connectivity index (χ2n) is 3.21. The lowest BCUT2D eigenvalue weighted by molar-refractivity contribution is -0.345. The maximum atomic E-state index is 8.93. The monoisotopic (exact) mass is 227 g/mol. The van der Waals surface area contributed by atoms with Crippen LogP contribution >= 0.6 is 0 Å². The summed E-state index contributed by atoms with van der Waals surface area (Å²) in [7, 11) is 0. The standard InChI is InChI=1S/C7H13N3.C2H2O4/c1-4(8)7-5(2)9-10-6(7)3;3-1(4)2(5)6/h4H,8H2,1-3H3,(H,9,10);(H,3,4)(H,5,6)/p-2. The number of aryl methyl sites for hydroxylation is 2. The lowest BCUT2D eigenvalue weighted by Crippen LogP contribution is -2.42. The fourth-order valence-corrected chi connectivity index (χ4v) is 1.23. The average Bonchev–Trinajstić information content (AvgIpc) is 2.46. The topological polar surface area (TPSA) is 135 Å². The van der Waals surface area contributed by atoms with E-state index in [0.717, 1.165) is 17.0 Å². The highest BCUT2D eigenvalue weighted by molar-refractivity contribution is 6.25. The van der Waals surface area contributed by atoms with Crippen molar-refractivity contribution in [3.05, 3.63) is 17.0 Å². The summed E-state index contributed by atoms with van der Waals surface area (Å²) >= 11 is 0. The van der Waals surface area contributed by atoms with Crippen LogP contribution in [0.25, 0.3) is 0 Å². The first-order valence-corrected chi connectivity index (χ1v) is 4.46. The normalized spacial score (nSPS) is 11.2. The summed E-state index contributed by atoms with van der Waals surface area (Å²) in [4.78, 5) is 17.9. The third-order valence-corrected chi connectivity index (χ3v) is 1.81. The Balaban J connectivity index is 0.000000325. The molecule has 0 aliphatic rings. The first-order valence-electron chi connectivity index (χ1n) is 4.46. The number of hydrogen-bond donors (Lipinski definition) is 2. The summed E-state index contributed by atoms with van der Waals surface area (Å²) < 4.78 is 0. The van der Waals surface area contributed by atoms with E-state index in [9.17, 15) is 0 Å². The molecule has 0 spiro atoms. The van der Waals surface area contributed by atoms with Gasteiger partial charge in [0.2, 0.25) is 0 Å². The van der Waals surface area contributed by atoms with E-state index in [1.165, 1.54) is 0 Å². The molecule has 0 radical (unpaired) electrons. The molecule has 0 aliphatic carbocycles. The Hall–Kier alpha value is -1.89. The van der Waals surface area contributed by atoms with Crippen molar-refractivity contribution < 1.29 is 19.8 Å². The zero-order valence-corrected chi connectivity index (χ0v) is 9.23. The van der Waals surface area contributed by atoms with Crippen LogP contribution in [0.4, 0.5) is 0 Å². The SMILES string of the molecule is Cc1n[nH]c(C)c1C(C)N.O=C([O-])C(=O)[O-]. The number of H-pyrrole nitrogens is 1. The van der Waals surface area contributed by atoms with Gasteiger partial charge in [-0.05, 0) is 20.8 Å². The first kappa shape index (κ1) is 14.1. The van der Waals surface area contributed by atoms with Gasteiger partial charge in [-0.1, -0.05) is 0 Å². The fourth-order valence-electron chi connectivity index (χ4n) is 1.23. The smallest absolute Gasteiger partial charge is 0.0870 e. The molecule has 16 heavy (non-hydrogen) atoms. The van der Waals surface area contributed by atoms with E-state index in [1.807, 2.05) is 20.8 Å². The predicted octanol–water partition coefficient (Wildman–Crippen LogP) is -2.47. The Morgan fingerprint density at radius 2 is 1.75 bits per heavy atom. The minimum Gasteiger partial charge on any atom is -0.543 e. The molecule has 1 aromatic heterocycles. The van der Waals surface area contributed by atoms with Gasteiger partial charge in [-0.2, -0.15) is 5.10 Å². The number of aliphatic carboxylic acids is 2. The van der Waals surface area contributed by atoms with Crippen LogP contribution < -0.4 is 15.9 Å². The molecule has 1 unspecified atom stereocenters. The number of rotatable bonds is 1. The number of nitrogens with zero attached hydrogens (tertiary/aromatic N) is 1. The Morgan fingerprint density at radius 3 is 1.88 bits per heavy atom. The fraction of sp³-hybridized carbons (Fsp3) is 0.444. The second kappa shape index (κ2) is 5.86. The Morgan fingerprint density at radius 1 is 1.31 bits per heavy atom. The number of nitrogens with two attached hydrogens (primary N) is 1. The molecule has 90 valence electrons. The van der Waals surface area contributed by atoms with Crippen molar-refractivity contribution in [3.8, 4) is 0 Å². The highest BCUT2D eigenvalue weighted by Gasteiger charge is 2.08. The van der Waals surface area contributed by atoms with Gasteiger partial charge in [-0.15, -0.1) is 0 Å². The number of carboxylic acids is 2. The van der Waals surface area contributed by atoms with Crippen LogP contribution in [0.3, 0.4) is 0 Å². The molecule has 0 amide bonds. The molecular weight excluding hydrogens is 214 g/mol. The highest BCUT2D eigenvalue weighted by Crippen LogP contribution is 2.15. The molecule has 1 heterocycles. The molecule has 3 N–H and O–H groups in total. The molecule has 0 fully saturated rings.